The number of ketones is 1. The van der Waals surface area contributed by atoms with E-state index in [2.05, 4.69) is 0 Å². The predicted octanol–water partition coefficient (Wildman–Crippen LogP) is 2.39. The van der Waals surface area contributed by atoms with Crippen LogP contribution in [-0.4, -0.2) is 10.9 Å². The molecule has 0 aliphatic carbocycles. The number of carbonyl (C=O) groups excluding carboxylic acids is 1. The molecule has 1 N–H and O–H groups in total. The number of carbonyl (C=O) groups is 1. The molecule has 1 aromatic carbocycles. The van der Waals surface area contributed by atoms with Crippen LogP contribution in [-0.2, 0) is 0 Å². The van der Waals surface area contributed by atoms with Crippen LogP contribution in [0, 0.1) is 5.82 Å². The van der Waals surface area contributed by atoms with Gasteiger partial charge >= 0.3 is 0 Å². The molecule has 64 valence electrons. The Labute approximate surface area is 73.6 Å². The van der Waals surface area contributed by atoms with Crippen LogP contribution >= 0.6 is 11.6 Å². The Kier molecular flexibility index (Phi) is 2.33. The summed E-state index contributed by atoms with van der Waals surface area (Å²) in [6.45, 7) is 1.29. The van der Waals surface area contributed by atoms with Crippen molar-refractivity contribution in [1.29, 1.82) is 0 Å². The normalized spacial score (nSPS) is 9.92. The molecule has 0 fully saturated rings. The first-order chi connectivity index (χ1) is 5.52. The average molecular weight is 189 g/mol. The first-order valence-corrected chi connectivity index (χ1v) is 3.59. The number of aromatic hydroxyl groups is 1. The van der Waals surface area contributed by atoms with Gasteiger partial charge in [0.1, 0.15) is 0 Å². The SMILES string of the molecule is CC(=O)c1cc(O)c(F)cc1Cl. The van der Waals surface area contributed by atoms with Crippen molar-refractivity contribution >= 4 is 17.4 Å². The second-order valence-corrected chi connectivity index (χ2v) is 2.75. The number of phenolic OH excluding ortho intramolecular Hbond substituents is 1. The fourth-order valence-corrected chi connectivity index (χ4v) is 1.09. The van der Waals surface area contributed by atoms with Gasteiger partial charge in [-0.15, -0.1) is 0 Å². The van der Waals surface area contributed by atoms with E-state index in [9.17, 15) is 9.18 Å². The second kappa shape index (κ2) is 3.11. The van der Waals surface area contributed by atoms with Gasteiger partial charge in [0.2, 0.25) is 0 Å². The molecule has 0 unspecified atom stereocenters. The summed E-state index contributed by atoms with van der Waals surface area (Å²) in [5.41, 5.74) is 0.121. The third-order valence-electron chi connectivity index (χ3n) is 1.42. The topological polar surface area (TPSA) is 37.3 Å². The molecule has 0 saturated heterocycles. The second-order valence-electron chi connectivity index (χ2n) is 2.34. The molecule has 0 bridgehead atoms. The maximum absolute atomic E-state index is 12.6. The van der Waals surface area contributed by atoms with E-state index in [1.807, 2.05) is 0 Å². The molecule has 0 saturated carbocycles. The van der Waals surface area contributed by atoms with Crippen molar-refractivity contribution in [3.8, 4) is 5.75 Å². The zero-order chi connectivity index (χ0) is 9.30. The highest BCUT2D eigenvalue weighted by Gasteiger charge is 2.10. The Bertz CT molecular complexity index is 336. The molecule has 12 heavy (non-hydrogen) atoms. The van der Waals surface area contributed by atoms with Crippen LogP contribution in [0.25, 0.3) is 0 Å². The van der Waals surface area contributed by atoms with E-state index in [-0.39, 0.29) is 16.4 Å². The van der Waals surface area contributed by atoms with Crippen molar-refractivity contribution in [2.45, 2.75) is 6.92 Å². The molecule has 0 aliphatic heterocycles. The summed E-state index contributed by atoms with van der Waals surface area (Å²) in [4.78, 5) is 10.8. The highest BCUT2D eigenvalue weighted by molar-refractivity contribution is 6.33. The third kappa shape index (κ3) is 1.56. The number of hydrogen-bond donors (Lipinski definition) is 1. The number of phenols is 1. The summed E-state index contributed by atoms with van der Waals surface area (Å²) in [5.74, 6) is -1.70. The van der Waals surface area contributed by atoms with Crippen LogP contribution in [0.5, 0.6) is 5.75 Å². The fourth-order valence-electron chi connectivity index (χ4n) is 0.807. The predicted molar refractivity (Wildman–Crippen MR) is 43.1 cm³/mol. The van der Waals surface area contributed by atoms with Crippen molar-refractivity contribution in [3.63, 3.8) is 0 Å². The first kappa shape index (κ1) is 9.00. The molecule has 0 aliphatic rings. The van der Waals surface area contributed by atoms with Gasteiger partial charge in [-0.25, -0.2) is 4.39 Å². The summed E-state index contributed by atoms with van der Waals surface area (Å²) in [7, 11) is 0. The lowest BCUT2D eigenvalue weighted by molar-refractivity contribution is 0.101. The highest BCUT2D eigenvalue weighted by Crippen LogP contribution is 2.24. The third-order valence-corrected chi connectivity index (χ3v) is 1.73. The molecule has 0 spiro atoms. The Balaban J connectivity index is 3.33. The molecule has 0 radical (unpaired) electrons. The average Bonchev–Trinajstić information content (AvgIpc) is 1.96. The largest absolute Gasteiger partial charge is 0.505 e. The summed E-state index contributed by atoms with van der Waals surface area (Å²) in [6.07, 6.45) is 0. The Morgan fingerprint density at radius 1 is 1.58 bits per heavy atom. The van der Waals surface area contributed by atoms with E-state index < -0.39 is 11.6 Å². The Morgan fingerprint density at radius 3 is 2.67 bits per heavy atom. The summed E-state index contributed by atoms with van der Waals surface area (Å²) in [6, 6.07) is 1.92. The lowest BCUT2D eigenvalue weighted by Crippen LogP contribution is -1.94. The molecule has 4 heteroatoms. The van der Waals surface area contributed by atoms with Gasteiger partial charge in [0.15, 0.2) is 17.3 Å². The fraction of sp³-hybridized carbons (Fsp3) is 0.125. The van der Waals surface area contributed by atoms with Gasteiger partial charge < -0.3 is 5.11 Å². The van der Waals surface area contributed by atoms with E-state index >= 15 is 0 Å². The van der Waals surface area contributed by atoms with E-state index in [4.69, 9.17) is 16.7 Å². The molecular weight excluding hydrogens is 183 g/mol. The summed E-state index contributed by atoms with van der Waals surface area (Å²) >= 11 is 5.52. The minimum absolute atomic E-state index is 0.0119. The van der Waals surface area contributed by atoms with Crippen LogP contribution in [0.1, 0.15) is 17.3 Å². The molecular formula is C8H6ClFO2. The van der Waals surface area contributed by atoms with Crippen molar-refractivity contribution in [2.24, 2.45) is 0 Å². The van der Waals surface area contributed by atoms with Gasteiger partial charge in [0.25, 0.3) is 0 Å². The lowest BCUT2D eigenvalue weighted by Gasteiger charge is -2.01. The standard InChI is InChI=1S/C8H6ClFO2/c1-4(11)5-2-8(12)7(10)3-6(5)9/h2-3,12H,1H3. The molecule has 1 rings (SSSR count). The number of benzene rings is 1. The van der Waals surface area contributed by atoms with Crippen LogP contribution in [0.4, 0.5) is 4.39 Å². The molecule has 0 aromatic heterocycles. The van der Waals surface area contributed by atoms with Gasteiger partial charge in [-0.1, -0.05) is 11.6 Å². The molecule has 0 amide bonds. The zero-order valence-corrected chi connectivity index (χ0v) is 7.02. The molecule has 1 aromatic rings. The van der Waals surface area contributed by atoms with Crippen LogP contribution < -0.4 is 0 Å². The van der Waals surface area contributed by atoms with Crippen LogP contribution in [0.2, 0.25) is 5.02 Å². The minimum Gasteiger partial charge on any atom is -0.505 e. The van der Waals surface area contributed by atoms with Gasteiger partial charge in [0.05, 0.1) is 5.02 Å². The number of rotatable bonds is 1. The number of Topliss-reactive ketones (excluding diaryl/α,β-unsaturated/α-hetero) is 1. The molecule has 2 nitrogen and oxygen atoms in total. The Hall–Kier alpha value is -1.09. The van der Waals surface area contributed by atoms with Crippen LogP contribution in [0.3, 0.4) is 0 Å². The zero-order valence-electron chi connectivity index (χ0n) is 6.27. The van der Waals surface area contributed by atoms with Gasteiger partial charge in [-0.05, 0) is 19.1 Å². The maximum Gasteiger partial charge on any atom is 0.166 e. The molecule has 0 atom stereocenters. The number of hydrogen-bond acceptors (Lipinski definition) is 2. The van der Waals surface area contributed by atoms with E-state index in [0.29, 0.717) is 0 Å². The lowest BCUT2D eigenvalue weighted by atomic mass is 10.1. The van der Waals surface area contributed by atoms with E-state index in [0.717, 1.165) is 12.1 Å². The van der Waals surface area contributed by atoms with Gasteiger partial charge in [0, 0.05) is 5.56 Å². The van der Waals surface area contributed by atoms with E-state index in [1.54, 1.807) is 0 Å². The monoisotopic (exact) mass is 188 g/mol. The van der Waals surface area contributed by atoms with Crippen molar-refractivity contribution < 1.29 is 14.3 Å². The van der Waals surface area contributed by atoms with E-state index in [1.165, 1.54) is 6.92 Å². The number of halogens is 2. The quantitative estimate of drug-likeness (QED) is 0.687. The summed E-state index contributed by atoms with van der Waals surface area (Å²) < 4.78 is 12.6. The van der Waals surface area contributed by atoms with Crippen molar-refractivity contribution in [2.75, 3.05) is 0 Å². The Morgan fingerprint density at radius 2 is 2.17 bits per heavy atom. The van der Waals surface area contributed by atoms with Gasteiger partial charge in [-0.3, -0.25) is 4.79 Å². The van der Waals surface area contributed by atoms with Crippen molar-refractivity contribution in [1.82, 2.24) is 0 Å². The smallest absolute Gasteiger partial charge is 0.166 e. The maximum atomic E-state index is 12.6. The highest BCUT2D eigenvalue weighted by atomic mass is 35.5. The first-order valence-electron chi connectivity index (χ1n) is 3.21. The molecule has 0 heterocycles. The van der Waals surface area contributed by atoms with Gasteiger partial charge in [-0.2, -0.15) is 0 Å². The van der Waals surface area contributed by atoms with Crippen LogP contribution in [0.15, 0.2) is 12.1 Å². The minimum atomic E-state index is -0.829. The summed E-state index contributed by atoms with van der Waals surface area (Å²) in [5, 5.41) is 8.90. The van der Waals surface area contributed by atoms with Crippen molar-refractivity contribution in [3.05, 3.63) is 28.5 Å².